The molecule has 1 heterocycles. The number of hydrogen-bond acceptors (Lipinski definition) is 4. The zero-order valence-corrected chi connectivity index (χ0v) is 11.6. The molecule has 2 N–H and O–H groups in total. The first-order valence-electron chi connectivity index (χ1n) is 6.08. The molecule has 1 aromatic heterocycles. The maximum absolute atomic E-state index is 5.99. The highest BCUT2D eigenvalue weighted by Crippen LogP contribution is 2.31. The third kappa shape index (κ3) is 2.38. The summed E-state index contributed by atoms with van der Waals surface area (Å²) in [6, 6.07) is 10.9. The van der Waals surface area contributed by atoms with Crippen molar-refractivity contribution in [2.45, 2.75) is 6.92 Å². The van der Waals surface area contributed by atoms with Crippen LogP contribution in [0.25, 0.3) is 10.9 Å². The summed E-state index contributed by atoms with van der Waals surface area (Å²) in [6.07, 6.45) is 1.46. The number of halogens is 1. The van der Waals surface area contributed by atoms with Gasteiger partial charge in [-0.1, -0.05) is 17.7 Å². The van der Waals surface area contributed by atoms with E-state index >= 15 is 0 Å². The number of ether oxygens (including phenoxy) is 1. The Kier molecular flexibility index (Phi) is 3.16. The molecule has 0 radical (unpaired) electrons. The van der Waals surface area contributed by atoms with E-state index in [-0.39, 0.29) is 0 Å². The fourth-order valence-corrected chi connectivity index (χ4v) is 2.08. The predicted molar refractivity (Wildman–Crippen MR) is 80.2 cm³/mol. The summed E-state index contributed by atoms with van der Waals surface area (Å²) < 4.78 is 5.87. The standard InChI is InChI=1S/C15H12ClN3O/c1-9-2-3-10(16)6-14(9)20-15-12-5-4-11(17)7-13(12)18-8-19-15/h2-8H,17H2,1H3. The molecule has 0 bridgehead atoms. The van der Waals surface area contributed by atoms with Gasteiger partial charge in [0.15, 0.2) is 0 Å². The highest BCUT2D eigenvalue weighted by Gasteiger charge is 2.08. The Morgan fingerprint density at radius 1 is 1.10 bits per heavy atom. The van der Waals surface area contributed by atoms with E-state index in [1.807, 2.05) is 25.1 Å². The van der Waals surface area contributed by atoms with Crippen LogP contribution in [-0.2, 0) is 0 Å². The van der Waals surface area contributed by atoms with Gasteiger partial charge in [0.2, 0.25) is 5.88 Å². The van der Waals surface area contributed by atoms with Crippen LogP contribution in [0.15, 0.2) is 42.7 Å². The molecule has 0 fully saturated rings. The molecule has 0 spiro atoms. The first kappa shape index (κ1) is 12.7. The second-order valence-electron chi connectivity index (χ2n) is 4.47. The summed E-state index contributed by atoms with van der Waals surface area (Å²) in [5.74, 6) is 1.16. The van der Waals surface area contributed by atoms with Crippen molar-refractivity contribution in [3.05, 3.63) is 53.3 Å². The van der Waals surface area contributed by atoms with Gasteiger partial charge in [0.1, 0.15) is 12.1 Å². The summed E-state index contributed by atoms with van der Waals surface area (Å²) in [5, 5.41) is 1.43. The minimum Gasteiger partial charge on any atom is -0.438 e. The van der Waals surface area contributed by atoms with Crippen LogP contribution in [0.5, 0.6) is 11.6 Å². The Morgan fingerprint density at radius 3 is 2.80 bits per heavy atom. The molecule has 100 valence electrons. The van der Waals surface area contributed by atoms with Crippen molar-refractivity contribution >= 4 is 28.2 Å². The molecule has 4 nitrogen and oxygen atoms in total. The number of anilines is 1. The average Bonchev–Trinajstić information content (AvgIpc) is 2.43. The molecule has 5 heteroatoms. The summed E-state index contributed by atoms with van der Waals surface area (Å²) in [6.45, 7) is 1.95. The van der Waals surface area contributed by atoms with E-state index in [1.165, 1.54) is 6.33 Å². The highest BCUT2D eigenvalue weighted by molar-refractivity contribution is 6.30. The zero-order chi connectivity index (χ0) is 14.1. The van der Waals surface area contributed by atoms with Crippen molar-refractivity contribution in [2.75, 3.05) is 5.73 Å². The first-order chi connectivity index (χ1) is 9.63. The van der Waals surface area contributed by atoms with Gasteiger partial charge in [-0.2, -0.15) is 0 Å². The second kappa shape index (κ2) is 4.98. The number of aromatic nitrogens is 2. The summed E-state index contributed by atoms with van der Waals surface area (Å²) in [7, 11) is 0. The van der Waals surface area contributed by atoms with E-state index in [2.05, 4.69) is 9.97 Å². The van der Waals surface area contributed by atoms with E-state index in [0.29, 0.717) is 22.3 Å². The van der Waals surface area contributed by atoms with Gasteiger partial charge >= 0.3 is 0 Å². The molecular weight excluding hydrogens is 274 g/mol. The highest BCUT2D eigenvalue weighted by atomic mass is 35.5. The number of rotatable bonds is 2. The lowest BCUT2D eigenvalue weighted by atomic mass is 10.2. The van der Waals surface area contributed by atoms with Crippen LogP contribution < -0.4 is 10.5 Å². The lowest BCUT2D eigenvalue weighted by Crippen LogP contribution is -1.94. The Hall–Kier alpha value is -2.33. The molecule has 3 aromatic rings. The van der Waals surface area contributed by atoms with Gasteiger partial charge in [0.25, 0.3) is 0 Å². The van der Waals surface area contributed by atoms with E-state index in [1.54, 1.807) is 18.2 Å². The number of fused-ring (bicyclic) bond motifs is 1. The van der Waals surface area contributed by atoms with Crippen molar-refractivity contribution < 1.29 is 4.74 Å². The van der Waals surface area contributed by atoms with Crippen molar-refractivity contribution in [1.29, 1.82) is 0 Å². The molecule has 0 atom stereocenters. The van der Waals surface area contributed by atoms with Crippen molar-refractivity contribution in [1.82, 2.24) is 9.97 Å². The quantitative estimate of drug-likeness (QED) is 0.724. The van der Waals surface area contributed by atoms with Crippen LogP contribution in [0.4, 0.5) is 5.69 Å². The number of hydrogen-bond donors (Lipinski definition) is 1. The third-order valence-electron chi connectivity index (χ3n) is 2.98. The minimum absolute atomic E-state index is 0.486. The molecule has 0 aliphatic heterocycles. The fourth-order valence-electron chi connectivity index (χ4n) is 1.92. The van der Waals surface area contributed by atoms with Crippen LogP contribution >= 0.6 is 11.6 Å². The predicted octanol–water partition coefficient (Wildman–Crippen LogP) is 3.97. The Labute approximate surface area is 121 Å². The van der Waals surface area contributed by atoms with Crippen LogP contribution in [0.3, 0.4) is 0 Å². The molecule has 0 aliphatic carbocycles. The summed E-state index contributed by atoms with van der Waals surface area (Å²) in [5.41, 5.74) is 8.13. The van der Waals surface area contributed by atoms with Crippen LogP contribution in [0.2, 0.25) is 5.02 Å². The topological polar surface area (TPSA) is 61.0 Å². The van der Waals surface area contributed by atoms with Crippen LogP contribution in [0, 0.1) is 6.92 Å². The molecule has 0 aliphatic rings. The summed E-state index contributed by atoms with van der Waals surface area (Å²) >= 11 is 5.99. The van der Waals surface area contributed by atoms with Gasteiger partial charge < -0.3 is 10.5 Å². The molecule has 2 aromatic carbocycles. The molecule has 20 heavy (non-hydrogen) atoms. The normalized spacial score (nSPS) is 10.7. The molecule has 3 rings (SSSR count). The summed E-state index contributed by atoms with van der Waals surface area (Å²) in [4.78, 5) is 8.37. The zero-order valence-electron chi connectivity index (χ0n) is 10.8. The molecule has 0 saturated heterocycles. The lowest BCUT2D eigenvalue weighted by molar-refractivity contribution is 0.464. The average molecular weight is 286 g/mol. The van der Waals surface area contributed by atoms with Crippen molar-refractivity contribution in [2.24, 2.45) is 0 Å². The number of nitrogen functional groups attached to an aromatic ring is 1. The Bertz CT molecular complexity index is 789. The molecule has 0 saturated carbocycles. The molecular formula is C15H12ClN3O. The second-order valence-corrected chi connectivity index (χ2v) is 4.90. The van der Waals surface area contributed by atoms with Gasteiger partial charge in [-0.3, -0.25) is 0 Å². The van der Waals surface area contributed by atoms with Crippen LogP contribution in [0.1, 0.15) is 5.56 Å². The Balaban J connectivity index is 2.09. The van der Waals surface area contributed by atoms with E-state index in [0.717, 1.165) is 16.5 Å². The number of aryl methyl sites for hydroxylation is 1. The minimum atomic E-state index is 0.486. The monoisotopic (exact) mass is 285 g/mol. The lowest BCUT2D eigenvalue weighted by Gasteiger charge is -2.10. The van der Waals surface area contributed by atoms with Crippen molar-refractivity contribution in [3.63, 3.8) is 0 Å². The number of benzene rings is 2. The molecule has 0 amide bonds. The third-order valence-corrected chi connectivity index (χ3v) is 3.22. The van der Waals surface area contributed by atoms with Gasteiger partial charge in [-0.25, -0.2) is 9.97 Å². The number of nitrogens with zero attached hydrogens (tertiary/aromatic N) is 2. The number of nitrogens with two attached hydrogens (primary N) is 1. The van der Waals surface area contributed by atoms with Gasteiger partial charge in [0.05, 0.1) is 10.9 Å². The van der Waals surface area contributed by atoms with E-state index in [9.17, 15) is 0 Å². The molecule has 0 unspecified atom stereocenters. The van der Waals surface area contributed by atoms with E-state index < -0.39 is 0 Å². The fraction of sp³-hybridized carbons (Fsp3) is 0.0667. The smallest absolute Gasteiger partial charge is 0.230 e. The Morgan fingerprint density at radius 2 is 1.95 bits per heavy atom. The maximum Gasteiger partial charge on any atom is 0.230 e. The van der Waals surface area contributed by atoms with Gasteiger partial charge in [0, 0.05) is 10.7 Å². The maximum atomic E-state index is 5.99. The van der Waals surface area contributed by atoms with Crippen LogP contribution in [-0.4, -0.2) is 9.97 Å². The van der Waals surface area contributed by atoms with Crippen molar-refractivity contribution in [3.8, 4) is 11.6 Å². The van der Waals surface area contributed by atoms with E-state index in [4.69, 9.17) is 22.1 Å². The van der Waals surface area contributed by atoms with Gasteiger partial charge in [-0.05, 0) is 42.8 Å². The largest absolute Gasteiger partial charge is 0.438 e. The first-order valence-corrected chi connectivity index (χ1v) is 6.45. The van der Waals surface area contributed by atoms with Gasteiger partial charge in [-0.15, -0.1) is 0 Å². The SMILES string of the molecule is Cc1ccc(Cl)cc1Oc1ncnc2cc(N)ccc12.